The minimum Gasteiger partial charge on any atom is -0.496 e. The molecule has 0 saturated carbocycles. The predicted molar refractivity (Wildman–Crippen MR) is 134 cm³/mol. The van der Waals surface area contributed by atoms with E-state index in [9.17, 15) is 4.79 Å². The van der Waals surface area contributed by atoms with Crippen LogP contribution in [0.3, 0.4) is 0 Å². The van der Waals surface area contributed by atoms with Gasteiger partial charge in [0, 0.05) is 17.8 Å². The first-order chi connectivity index (χ1) is 16.6. The molecule has 1 heterocycles. The molecule has 4 aromatic rings. The second-order valence-corrected chi connectivity index (χ2v) is 7.91. The van der Waals surface area contributed by atoms with Crippen molar-refractivity contribution in [3.05, 3.63) is 114 Å². The molecule has 0 unspecified atom stereocenters. The van der Waals surface area contributed by atoms with Crippen molar-refractivity contribution in [1.29, 1.82) is 0 Å². The Morgan fingerprint density at radius 3 is 2.62 bits per heavy atom. The lowest BCUT2D eigenvalue weighted by atomic mass is 10.1. The van der Waals surface area contributed by atoms with Crippen LogP contribution in [0.15, 0.2) is 91.3 Å². The molecule has 1 N–H and O–H groups in total. The maximum atomic E-state index is 12.4. The molecule has 1 amide bonds. The van der Waals surface area contributed by atoms with Crippen LogP contribution >= 0.6 is 0 Å². The number of hydrogen-bond donors (Lipinski definition) is 1. The van der Waals surface area contributed by atoms with E-state index in [1.54, 1.807) is 24.1 Å². The Morgan fingerprint density at radius 2 is 1.85 bits per heavy atom. The van der Waals surface area contributed by atoms with Gasteiger partial charge < -0.3 is 14.8 Å². The Hall–Kier alpha value is -4.32. The number of nitrogens with zero attached hydrogens (tertiary/aromatic N) is 2. The molecule has 0 aliphatic carbocycles. The Labute approximate surface area is 199 Å². The number of ether oxygens (including phenoxy) is 2. The van der Waals surface area contributed by atoms with Crippen LogP contribution in [0.4, 0.5) is 5.69 Å². The number of nitrogens with one attached hydrogen (secondary N) is 1. The van der Waals surface area contributed by atoms with Crippen molar-refractivity contribution in [2.45, 2.75) is 20.1 Å². The van der Waals surface area contributed by atoms with Crippen LogP contribution in [0, 0.1) is 6.92 Å². The summed E-state index contributed by atoms with van der Waals surface area (Å²) in [6, 6.07) is 23.6. The van der Waals surface area contributed by atoms with E-state index in [-0.39, 0.29) is 5.91 Å². The molecule has 1 aromatic heterocycles. The van der Waals surface area contributed by atoms with E-state index in [1.165, 1.54) is 11.6 Å². The van der Waals surface area contributed by atoms with Crippen LogP contribution in [0.25, 0.3) is 6.08 Å². The fourth-order valence-corrected chi connectivity index (χ4v) is 3.44. The summed E-state index contributed by atoms with van der Waals surface area (Å²) >= 11 is 0. The number of rotatable bonds is 9. The van der Waals surface area contributed by atoms with Gasteiger partial charge in [0.05, 0.1) is 25.5 Å². The molecule has 6 heteroatoms. The largest absolute Gasteiger partial charge is 0.496 e. The van der Waals surface area contributed by atoms with Crippen LogP contribution < -0.4 is 14.8 Å². The van der Waals surface area contributed by atoms with Crippen molar-refractivity contribution in [3.63, 3.8) is 0 Å². The number of hydrogen-bond acceptors (Lipinski definition) is 4. The lowest BCUT2D eigenvalue weighted by molar-refractivity contribution is -0.111. The molecule has 0 saturated heterocycles. The van der Waals surface area contributed by atoms with Crippen molar-refractivity contribution in [2.75, 3.05) is 12.4 Å². The molecule has 0 radical (unpaired) electrons. The Morgan fingerprint density at radius 1 is 1.06 bits per heavy atom. The standard InChI is InChI=1S/C28H27N3O3/c1-21-8-10-23(11-9-21)18-31-19-25(17-29-31)30-28(32)15-13-22-12-14-27(33-2)24(16-22)20-34-26-6-4-3-5-7-26/h3-17,19H,18,20H2,1-2H3,(H,30,32)/b15-13+. The molecule has 4 rings (SSSR count). The van der Waals surface area contributed by atoms with Gasteiger partial charge in [0.1, 0.15) is 18.1 Å². The molecule has 0 atom stereocenters. The Bertz CT molecular complexity index is 1260. The Balaban J connectivity index is 1.36. The first kappa shape index (κ1) is 22.9. The third-order valence-electron chi connectivity index (χ3n) is 5.24. The highest BCUT2D eigenvalue weighted by atomic mass is 16.5. The van der Waals surface area contributed by atoms with Gasteiger partial charge in [-0.1, -0.05) is 54.1 Å². The van der Waals surface area contributed by atoms with Crippen LogP contribution in [0.2, 0.25) is 0 Å². The average Bonchev–Trinajstić information content (AvgIpc) is 3.30. The van der Waals surface area contributed by atoms with Crippen molar-refractivity contribution in [3.8, 4) is 11.5 Å². The normalized spacial score (nSPS) is 10.9. The summed E-state index contributed by atoms with van der Waals surface area (Å²) in [6.07, 6.45) is 6.73. The number of carbonyl (C=O) groups excluding carboxylic acids is 1. The van der Waals surface area contributed by atoms with E-state index in [4.69, 9.17) is 9.47 Å². The molecule has 0 aliphatic heterocycles. The highest BCUT2D eigenvalue weighted by molar-refractivity contribution is 6.01. The molecule has 172 valence electrons. The molecule has 0 spiro atoms. The van der Waals surface area contributed by atoms with Crippen LogP contribution in [-0.4, -0.2) is 22.8 Å². The molecular formula is C28H27N3O3. The molecule has 0 fully saturated rings. The predicted octanol–water partition coefficient (Wildman–Crippen LogP) is 5.48. The van der Waals surface area contributed by atoms with E-state index in [1.807, 2.05) is 54.7 Å². The van der Waals surface area contributed by atoms with E-state index in [0.29, 0.717) is 18.8 Å². The van der Waals surface area contributed by atoms with Crippen molar-refractivity contribution in [2.24, 2.45) is 0 Å². The molecule has 34 heavy (non-hydrogen) atoms. The molecule has 0 bridgehead atoms. The topological polar surface area (TPSA) is 65.4 Å². The highest BCUT2D eigenvalue weighted by Crippen LogP contribution is 2.23. The van der Waals surface area contributed by atoms with E-state index >= 15 is 0 Å². The van der Waals surface area contributed by atoms with Gasteiger partial charge in [-0.3, -0.25) is 9.48 Å². The van der Waals surface area contributed by atoms with Crippen LogP contribution in [-0.2, 0) is 17.9 Å². The number of benzene rings is 3. The first-order valence-corrected chi connectivity index (χ1v) is 11.0. The third kappa shape index (κ3) is 6.36. The third-order valence-corrected chi connectivity index (χ3v) is 5.24. The quantitative estimate of drug-likeness (QED) is 0.341. The number of methoxy groups -OCH3 is 1. The minimum absolute atomic E-state index is 0.229. The lowest BCUT2D eigenvalue weighted by Gasteiger charge is -2.11. The summed E-state index contributed by atoms with van der Waals surface area (Å²) in [5.41, 5.74) is 4.78. The minimum atomic E-state index is -0.229. The highest BCUT2D eigenvalue weighted by Gasteiger charge is 2.06. The number of carbonyl (C=O) groups is 1. The summed E-state index contributed by atoms with van der Waals surface area (Å²) in [5.74, 6) is 1.29. The fourth-order valence-electron chi connectivity index (χ4n) is 3.44. The van der Waals surface area contributed by atoms with E-state index in [0.717, 1.165) is 28.2 Å². The molecule has 6 nitrogen and oxygen atoms in total. The molecule has 3 aromatic carbocycles. The van der Waals surface area contributed by atoms with Gasteiger partial charge in [0.15, 0.2) is 0 Å². The zero-order valence-electron chi connectivity index (χ0n) is 19.3. The van der Waals surface area contributed by atoms with Crippen molar-refractivity contribution in [1.82, 2.24) is 9.78 Å². The smallest absolute Gasteiger partial charge is 0.248 e. The van der Waals surface area contributed by atoms with E-state index in [2.05, 4.69) is 41.6 Å². The van der Waals surface area contributed by atoms with Gasteiger partial charge in [-0.2, -0.15) is 5.10 Å². The summed E-state index contributed by atoms with van der Waals surface area (Å²) < 4.78 is 13.1. The van der Waals surface area contributed by atoms with Gasteiger partial charge in [-0.05, 0) is 48.4 Å². The summed E-state index contributed by atoms with van der Waals surface area (Å²) in [5, 5.41) is 7.18. The number of amides is 1. The monoisotopic (exact) mass is 453 g/mol. The second kappa shape index (κ2) is 11.0. The average molecular weight is 454 g/mol. The SMILES string of the molecule is COc1ccc(/C=C/C(=O)Nc2cnn(Cc3ccc(C)cc3)c2)cc1COc1ccccc1. The van der Waals surface area contributed by atoms with Gasteiger partial charge >= 0.3 is 0 Å². The van der Waals surface area contributed by atoms with Crippen molar-refractivity contribution < 1.29 is 14.3 Å². The molecular weight excluding hydrogens is 426 g/mol. The first-order valence-electron chi connectivity index (χ1n) is 11.0. The maximum absolute atomic E-state index is 12.4. The van der Waals surface area contributed by atoms with Crippen molar-refractivity contribution >= 4 is 17.7 Å². The molecule has 0 aliphatic rings. The Kier molecular flexibility index (Phi) is 7.40. The van der Waals surface area contributed by atoms with Gasteiger partial charge in [-0.15, -0.1) is 0 Å². The number of aromatic nitrogens is 2. The van der Waals surface area contributed by atoms with Gasteiger partial charge in [0.2, 0.25) is 5.91 Å². The number of anilines is 1. The van der Waals surface area contributed by atoms with Crippen LogP contribution in [0.1, 0.15) is 22.3 Å². The lowest BCUT2D eigenvalue weighted by Crippen LogP contribution is -2.07. The zero-order valence-corrected chi connectivity index (χ0v) is 19.3. The van der Waals surface area contributed by atoms with Crippen LogP contribution in [0.5, 0.6) is 11.5 Å². The van der Waals surface area contributed by atoms with Gasteiger partial charge in [0.25, 0.3) is 0 Å². The zero-order chi connectivity index (χ0) is 23.8. The second-order valence-electron chi connectivity index (χ2n) is 7.91. The fraction of sp³-hybridized carbons (Fsp3) is 0.143. The number of aryl methyl sites for hydroxylation is 1. The maximum Gasteiger partial charge on any atom is 0.248 e. The summed E-state index contributed by atoms with van der Waals surface area (Å²) in [4.78, 5) is 12.4. The van der Waals surface area contributed by atoms with E-state index < -0.39 is 0 Å². The summed E-state index contributed by atoms with van der Waals surface area (Å²) in [7, 11) is 1.63. The number of para-hydroxylation sites is 1. The van der Waals surface area contributed by atoms with Gasteiger partial charge in [-0.25, -0.2) is 0 Å². The summed E-state index contributed by atoms with van der Waals surface area (Å²) in [6.45, 7) is 3.07.